The number of allylic oxidation sites excluding steroid dienone is 2. The number of hydrogen-bond acceptors (Lipinski definition) is 2. The Labute approximate surface area is 151 Å². The van der Waals surface area contributed by atoms with Crippen LogP contribution in [0.4, 0.5) is 0 Å². The van der Waals surface area contributed by atoms with Gasteiger partial charge in [0.2, 0.25) is 0 Å². The van der Waals surface area contributed by atoms with Gasteiger partial charge < -0.3 is 0 Å². The average Bonchev–Trinajstić information content (AvgIpc) is 2.93. The first-order valence-electron chi connectivity index (χ1n) is 10.0. The molecule has 0 aromatic heterocycles. The van der Waals surface area contributed by atoms with Crippen LogP contribution >= 0.6 is 0 Å². The Morgan fingerprint density at radius 2 is 2.00 bits per heavy atom. The van der Waals surface area contributed by atoms with Gasteiger partial charge in [0.05, 0.1) is 0 Å². The Morgan fingerprint density at radius 1 is 1.20 bits per heavy atom. The van der Waals surface area contributed by atoms with E-state index in [9.17, 15) is 9.59 Å². The second-order valence-corrected chi connectivity index (χ2v) is 9.23. The molecule has 134 valence electrons. The number of hydrogen-bond donors (Lipinski definition) is 0. The van der Waals surface area contributed by atoms with E-state index in [4.69, 9.17) is 0 Å². The van der Waals surface area contributed by atoms with Crippen LogP contribution in [0.5, 0.6) is 0 Å². The predicted octanol–water partition coefficient (Wildman–Crippen LogP) is 5.04. The fourth-order valence-electron chi connectivity index (χ4n) is 7.39. The topological polar surface area (TPSA) is 34.1 Å². The molecular formula is C23H30O2. The maximum atomic E-state index is 12.2. The Hall–Kier alpha value is -1.40. The molecule has 3 saturated carbocycles. The fraction of sp³-hybridized carbons (Fsp3) is 0.696. The molecule has 4 aliphatic carbocycles. The molecule has 0 bridgehead atoms. The van der Waals surface area contributed by atoms with Gasteiger partial charge in [0, 0.05) is 17.8 Å². The zero-order valence-corrected chi connectivity index (χ0v) is 15.6. The van der Waals surface area contributed by atoms with Crippen LogP contribution in [0.2, 0.25) is 0 Å². The molecule has 2 heteroatoms. The number of carbonyl (C=O) groups excluding carboxylic acids is 2. The third kappa shape index (κ3) is 2.30. The van der Waals surface area contributed by atoms with Gasteiger partial charge in [-0.05, 0) is 87.2 Å². The predicted molar refractivity (Wildman–Crippen MR) is 98.9 cm³/mol. The summed E-state index contributed by atoms with van der Waals surface area (Å²) in [6, 6.07) is 0. The molecule has 6 atom stereocenters. The Balaban J connectivity index is 1.73. The zero-order valence-electron chi connectivity index (χ0n) is 15.6. The minimum absolute atomic E-state index is 0.00815. The molecule has 0 N–H and O–H groups in total. The molecule has 0 heterocycles. The van der Waals surface area contributed by atoms with Gasteiger partial charge in [0.1, 0.15) is 5.78 Å². The maximum Gasteiger partial charge on any atom is 0.155 e. The van der Waals surface area contributed by atoms with Crippen molar-refractivity contribution in [3.8, 4) is 0 Å². The standard InChI is InChI=1S/C23H30O2/c1-4-11-23-13-9-17(25)14-16(23)5-6-18-20-8-7-19(15(2)24)22(20,3)12-10-21(18)23/h11,14,18-21H,1,5-10,12-13H2,2-3H3/t18-,19+,20-,21-,22+,23-/m0/s1. The molecule has 3 fully saturated rings. The van der Waals surface area contributed by atoms with Crippen molar-refractivity contribution in [2.24, 2.45) is 34.5 Å². The third-order valence-corrected chi connectivity index (χ3v) is 8.41. The minimum Gasteiger partial charge on any atom is -0.300 e. The minimum atomic E-state index is 0.00815. The summed E-state index contributed by atoms with van der Waals surface area (Å²) in [7, 11) is 0. The molecule has 0 spiro atoms. The number of Topliss-reactive ketones (excluding diaryl/α,β-unsaturated/α-hetero) is 1. The molecule has 2 nitrogen and oxygen atoms in total. The van der Waals surface area contributed by atoms with E-state index >= 15 is 0 Å². The fourth-order valence-corrected chi connectivity index (χ4v) is 7.39. The largest absolute Gasteiger partial charge is 0.300 e. The van der Waals surface area contributed by atoms with Crippen molar-refractivity contribution in [1.29, 1.82) is 0 Å². The molecule has 0 saturated heterocycles. The van der Waals surface area contributed by atoms with Crippen LogP contribution in [0.3, 0.4) is 0 Å². The van der Waals surface area contributed by atoms with E-state index in [1.807, 2.05) is 6.08 Å². The number of fused-ring (bicyclic) bond motifs is 5. The van der Waals surface area contributed by atoms with Gasteiger partial charge in [-0.1, -0.05) is 19.1 Å². The van der Waals surface area contributed by atoms with Crippen LogP contribution < -0.4 is 0 Å². The summed E-state index contributed by atoms with van der Waals surface area (Å²) >= 11 is 0. The molecule has 0 unspecified atom stereocenters. The summed E-state index contributed by atoms with van der Waals surface area (Å²) in [6.45, 7) is 8.06. The highest BCUT2D eigenvalue weighted by molar-refractivity contribution is 5.92. The van der Waals surface area contributed by atoms with Crippen molar-refractivity contribution in [1.82, 2.24) is 0 Å². The zero-order chi connectivity index (χ0) is 17.8. The highest BCUT2D eigenvalue weighted by Gasteiger charge is 2.60. The van der Waals surface area contributed by atoms with E-state index < -0.39 is 0 Å². The lowest BCUT2D eigenvalue weighted by molar-refractivity contribution is -0.128. The lowest BCUT2D eigenvalue weighted by Crippen LogP contribution is -2.51. The van der Waals surface area contributed by atoms with Crippen molar-refractivity contribution in [3.05, 3.63) is 30.0 Å². The summed E-state index contributed by atoms with van der Waals surface area (Å²) in [5.41, 5.74) is 4.63. The molecule has 0 aromatic rings. The molecule has 4 rings (SSSR count). The lowest BCUT2D eigenvalue weighted by atomic mass is 9.46. The van der Waals surface area contributed by atoms with Crippen LogP contribution in [0.15, 0.2) is 30.0 Å². The highest BCUT2D eigenvalue weighted by Crippen LogP contribution is 2.67. The SMILES string of the molecule is C=C=C[C@]12CCC(=O)C=C1CC[C@H]1[C@@H]3CC[C@H](C(C)=O)[C@@]3(C)CC[C@@H]12. The molecule has 4 aliphatic rings. The first-order chi connectivity index (χ1) is 11.9. The van der Waals surface area contributed by atoms with Crippen LogP contribution in [0.1, 0.15) is 65.2 Å². The summed E-state index contributed by atoms with van der Waals surface area (Å²) < 4.78 is 0. The smallest absolute Gasteiger partial charge is 0.155 e. The van der Waals surface area contributed by atoms with Crippen LogP contribution in [0, 0.1) is 34.5 Å². The van der Waals surface area contributed by atoms with Crippen molar-refractivity contribution < 1.29 is 9.59 Å². The van der Waals surface area contributed by atoms with E-state index in [0.29, 0.717) is 35.7 Å². The Kier molecular flexibility index (Phi) is 3.96. The van der Waals surface area contributed by atoms with E-state index in [-0.39, 0.29) is 16.7 Å². The third-order valence-electron chi connectivity index (χ3n) is 8.41. The van der Waals surface area contributed by atoms with Crippen molar-refractivity contribution in [2.45, 2.75) is 65.2 Å². The maximum absolute atomic E-state index is 12.2. The first kappa shape index (κ1) is 17.0. The lowest BCUT2D eigenvalue weighted by Gasteiger charge is -2.58. The van der Waals surface area contributed by atoms with Crippen molar-refractivity contribution in [3.63, 3.8) is 0 Å². The van der Waals surface area contributed by atoms with Gasteiger partial charge in [-0.25, -0.2) is 0 Å². The van der Waals surface area contributed by atoms with Gasteiger partial charge in [0.25, 0.3) is 0 Å². The van der Waals surface area contributed by atoms with Gasteiger partial charge in [-0.15, -0.1) is 5.73 Å². The normalized spacial score (nSPS) is 45.5. The second-order valence-electron chi connectivity index (χ2n) is 9.23. The second kappa shape index (κ2) is 5.81. The Bertz CT molecular complexity index is 695. The van der Waals surface area contributed by atoms with Gasteiger partial charge in [-0.2, -0.15) is 0 Å². The van der Waals surface area contributed by atoms with Crippen LogP contribution in [-0.4, -0.2) is 11.6 Å². The molecule has 25 heavy (non-hydrogen) atoms. The molecule has 0 amide bonds. The van der Waals surface area contributed by atoms with Crippen molar-refractivity contribution in [2.75, 3.05) is 0 Å². The molecular weight excluding hydrogens is 308 g/mol. The van der Waals surface area contributed by atoms with Crippen LogP contribution in [0.25, 0.3) is 0 Å². The number of rotatable bonds is 2. The average molecular weight is 338 g/mol. The van der Waals surface area contributed by atoms with E-state index in [2.05, 4.69) is 25.3 Å². The number of ketones is 2. The summed E-state index contributed by atoms with van der Waals surface area (Å²) in [5, 5.41) is 0. The summed E-state index contributed by atoms with van der Waals surface area (Å²) in [6.07, 6.45) is 12.5. The number of carbonyl (C=O) groups is 2. The summed E-state index contributed by atoms with van der Waals surface area (Å²) in [4.78, 5) is 24.2. The van der Waals surface area contributed by atoms with Gasteiger partial charge in [0.15, 0.2) is 5.78 Å². The highest BCUT2D eigenvalue weighted by atomic mass is 16.1. The quantitative estimate of drug-likeness (QED) is 0.661. The summed E-state index contributed by atoms with van der Waals surface area (Å²) in [5.74, 6) is 2.88. The van der Waals surface area contributed by atoms with Gasteiger partial charge >= 0.3 is 0 Å². The first-order valence-corrected chi connectivity index (χ1v) is 10.0. The van der Waals surface area contributed by atoms with E-state index in [0.717, 1.165) is 25.7 Å². The van der Waals surface area contributed by atoms with Crippen LogP contribution in [-0.2, 0) is 9.59 Å². The Morgan fingerprint density at radius 3 is 2.72 bits per heavy atom. The van der Waals surface area contributed by atoms with E-state index in [1.165, 1.54) is 24.8 Å². The van der Waals surface area contributed by atoms with Gasteiger partial charge in [-0.3, -0.25) is 9.59 Å². The monoisotopic (exact) mass is 338 g/mol. The van der Waals surface area contributed by atoms with E-state index in [1.54, 1.807) is 6.92 Å². The van der Waals surface area contributed by atoms with Crippen molar-refractivity contribution >= 4 is 11.6 Å². The molecule has 0 aliphatic heterocycles. The molecule has 0 aromatic carbocycles. The molecule has 0 radical (unpaired) electrons.